The molecular formula is C7H8NO5P. The monoisotopic (exact) mass is 217 g/mol. The van der Waals surface area contributed by atoms with Gasteiger partial charge in [-0.25, -0.2) is 0 Å². The zero-order valence-corrected chi connectivity index (χ0v) is 8.14. The maximum absolute atomic E-state index is 10.8. The number of benzene rings is 1. The molecule has 0 aliphatic rings. The highest BCUT2D eigenvalue weighted by Crippen LogP contribution is 2.34. The Hall–Kier alpha value is -1.23. The summed E-state index contributed by atoms with van der Waals surface area (Å²) >= 11 is 0. The fourth-order valence-corrected chi connectivity index (χ4v) is 1.66. The Morgan fingerprint density at radius 2 is 2.00 bits per heavy atom. The van der Waals surface area contributed by atoms with E-state index in [1.54, 1.807) is 0 Å². The summed E-state index contributed by atoms with van der Waals surface area (Å²) in [5.74, 6) is 0. The van der Waals surface area contributed by atoms with Crippen molar-refractivity contribution in [1.82, 2.24) is 0 Å². The Bertz CT molecular complexity index is 424. The van der Waals surface area contributed by atoms with Crippen molar-refractivity contribution in [3.05, 3.63) is 33.9 Å². The molecule has 0 aliphatic heterocycles. The van der Waals surface area contributed by atoms with Gasteiger partial charge in [-0.15, -0.1) is 0 Å². The SMILES string of the molecule is Cc1cc(P(=O)(O)O)ccc1[N+](=O)[O-]. The first kappa shape index (κ1) is 10.8. The minimum absolute atomic E-state index is 0.151. The second kappa shape index (κ2) is 3.49. The Labute approximate surface area is 79.5 Å². The molecule has 0 saturated heterocycles. The molecule has 0 saturated carbocycles. The molecule has 0 amide bonds. The third kappa shape index (κ3) is 2.17. The van der Waals surface area contributed by atoms with Crippen molar-refractivity contribution in [2.45, 2.75) is 6.92 Å². The minimum atomic E-state index is -4.32. The molecule has 14 heavy (non-hydrogen) atoms. The highest BCUT2D eigenvalue weighted by Gasteiger charge is 2.20. The molecule has 76 valence electrons. The quantitative estimate of drug-likeness (QED) is 0.431. The first-order valence-corrected chi connectivity index (χ1v) is 5.25. The second-order valence-electron chi connectivity index (χ2n) is 2.77. The van der Waals surface area contributed by atoms with Gasteiger partial charge in [0, 0.05) is 11.6 Å². The van der Waals surface area contributed by atoms with Gasteiger partial charge in [0.2, 0.25) is 0 Å². The smallest absolute Gasteiger partial charge is 0.321 e. The maximum atomic E-state index is 10.8. The summed E-state index contributed by atoms with van der Waals surface area (Å²) in [5.41, 5.74) is 0.0815. The third-order valence-corrected chi connectivity index (χ3v) is 2.66. The molecule has 0 atom stereocenters. The van der Waals surface area contributed by atoms with E-state index in [1.165, 1.54) is 6.92 Å². The summed E-state index contributed by atoms with van der Waals surface area (Å²) < 4.78 is 10.8. The Balaban J connectivity index is 3.27. The lowest BCUT2D eigenvalue weighted by atomic mass is 10.2. The van der Waals surface area contributed by atoms with Crippen molar-refractivity contribution in [3.8, 4) is 0 Å². The molecule has 1 aromatic carbocycles. The minimum Gasteiger partial charge on any atom is -0.321 e. The van der Waals surface area contributed by atoms with Gasteiger partial charge < -0.3 is 9.79 Å². The number of hydrogen-bond donors (Lipinski definition) is 2. The number of nitrogens with zero attached hydrogens (tertiary/aromatic N) is 1. The van der Waals surface area contributed by atoms with Crippen LogP contribution in [0.1, 0.15) is 5.56 Å². The van der Waals surface area contributed by atoms with Crippen LogP contribution in [0, 0.1) is 17.0 Å². The maximum Gasteiger partial charge on any atom is 0.356 e. The van der Waals surface area contributed by atoms with E-state index >= 15 is 0 Å². The van der Waals surface area contributed by atoms with E-state index in [-0.39, 0.29) is 16.6 Å². The number of hydrogen-bond acceptors (Lipinski definition) is 3. The van der Waals surface area contributed by atoms with Gasteiger partial charge in [-0.1, -0.05) is 0 Å². The van der Waals surface area contributed by atoms with Crippen LogP contribution in [0.5, 0.6) is 0 Å². The predicted molar refractivity (Wildman–Crippen MR) is 49.5 cm³/mol. The van der Waals surface area contributed by atoms with E-state index in [1.807, 2.05) is 0 Å². The average molecular weight is 217 g/mol. The first-order valence-electron chi connectivity index (χ1n) is 3.63. The molecular weight excluding hydrogens is 209 g/mol. The van der Waals surface area contributed by atoms with E-state index < -0.39 is 12.5 Å². The van der Waals surface area contributed by atoms with Gasteiger partial charge in [0.05, 0.1) is 10.2 Å². The molecule has 1 rings (SSSR count). The van der Waals surface area contributed by atoms with Gasteiger partial charge in [0.25, 0.3) is 5.69 Å². The van der Waals surface area contributed by atoms with Gasteiger partial charge in [0.15, 0.2) is 0 Å². The van der Waals surface area contributed by atoms with Crippen LogP contribution in [0.25, 0.3) is 0 Å². The van der Waals surface area contributed by atoms with Crippen LogP contribution in [0.4, 0.5) is 5.69 Å². The molecule has 0 spiro atoms. The summed E-state index contributed by atoms with van der Waals surface area (Å²) in [6, 6.07) is 3.27. The number of aryl methyl sites for hydroxylation is 1. The average Bonchev–Trinajstić information content (AvgIpc) is 2.01. The Morgan fingerprint density at radius 3 is 2.36 bits per heavy atom. The van der Waals surface area contributed by atoms with Crippen LogP contribution in [0.3, 0.4) is 0 Å². The van der Waals surface area contributed by atoms with E-state index in [4.69, 9.17) is 9.79 Å². The lowest BCUT2D eigenvalue weighted by molar-refractivity contribution is -0.385. The van der Waals surface area contributed by atoms with Gasteiger partial charge in [0.1, 0.15) is 0 Å². The molecule has 1 aromatic rings. The standard InChI is InChI=1S/C7H8NO5P/c1-5-4-6(14(11,12)13)2-3-7(5)8(9)10/h2-4H,1H3,(H2,11,12,13). The lowest BCUT2D eigenvalue weighted by Gasteiger charge is -2.04. The molecule has 0 radical (unpaired) electrons. The predicted octanol–water partition coefficient (Wildman–Crippen LogP) is 0.706. The van der Waals surface area contributed by atoms with Crippen LogP contribution in [0.15, 0.2) is 18.2 Å². The molecule has 0 bridgehead atoms. The van der Waals surface area contributed by atoms with Crippen molar-refractivity contribution in [2.24, 2.45) is 0 Å². The van der Waals surface area contributed by atoms with Crippen LogP contribution in [0.2, 0.25) is 0 Å². The molecule has 0 heterocycles. The number of rotatable bonds is 2. The first-order chi connectivity index (χ1) is 6.32. The molecule has 0 aromatic heterocycles. The molecule has 0 unspecified atom stereocenters. The van der Waals surface area contributed by atoms with Crippen LogP contribution in [-0.2, 0) is 4.57 Å². The molecule has 2 N–H and O–H groups in total. The van der Waals surface area contributed by atoms with E-state index in [2.05, 4.69) is 0 Å². The van der Waals surface area contributed by atoms with Crippen LogP contribution >= 0.6 is 7.60 Å². The molecule has 0 fully saturated rings. The molecule has 6 nitrogen and oxygen atoms in total. The Kier molecular flexibility index (Phi) is 2.71. The fraction of sp³-hybridized carbons (Fsp3) is 0.143. The van der Waals surface area contributed by atoms with Crippen molar-refractivity contribution < 1.29 is 19.3 Å². The largest absolute Gasteiger partial charge is 0.356 e. The lowest BCUT2D eigenvalue weighted by Crippen LogP contribution is -2.05. The summed E-state index contributed by atoms with van der Waals surface area (Å²) in [7, 11) is -4.32. The van der Waals surface area contributed by atoms with Crippen LogP contribution in [-0.4, -0.2) is 14.7 Å². The van der Waals surface area contributed by atoms with Gasteiger partial charge >= 0.3 is 7.60 Å². The highest BCUT2D eigenvalue weighted by molar-refractivity contribution is 7.60. The van der Waals surface area contributed by atoms with Crippen molar-refractivity contribution in [2.75, 3.05) is 0 Å². The second-order valence-corrected chi connectivity index (χ2v) is 4.38. The summed E-state index contributed by atoms with van der Waals surface area (Å²) in [6.07, 6.45) is 0. The van der Waals surface area contributed by atoms with E-state index in [0.717, 1.165) is 18.2 Å². The van der Waals surface area contributed by atoms with Crippen molar-refractivity contribution in [1.29, 1.82) is 0 Å². The molecule has 0 aliphatic carbocycles. The summed E-state index contributed by atoms with van der Waals surface area (Å²) in [4.78, 5) is 27.4. The number of nitro benzene ring substituents is 1. The third-order valence-electron chi connectivity index (χ3n) is 1.71. The normalized spacial score (nSPS) is 11.4. The van der Waals surface area contributed by atoms with Gasteiger partial charge in [-0.2, -0.15) is 0 Å². The van der Waals surface area contributed by atoms with Crippen molar-refractivity contribution >= 4 is 18.6 Å². The Morgan fingerprint density at radius 1 is 1.43 bits per heavy atom. The fourth-order valence-electron chi connectivity index (χ4n) is 1.03. The van der Waals surface area contributed by atoms with E-state index in [0.29, 0.717) is 0 Å². The topological polar surface area (TPSA) is 101 Å². The van der Waals surface area contributed by atoms with Gasteiger partial charge in [-0.3, -0.25) is 14.7 Å². The summed E-state index contributed by atoms with van der Waals surface area (Å²) in [5, 5.41) is 10.2. The van der Waals surface area contributed by atoms with E-state index in [9.17, 15) is 14.7 Å². The van der Waals surface area contributed by atoms with Crippen molar-refractivity contribution in [3.63, 3.8) is 0 Å². The number of nitro groups is 1. The highest BCUT2D eigenvalue weighted by atomic mass is 31.2. The zero-order chi connectivity index (χ0) is 10.9. The summed E-state index contributed by atoms with van der Waals surface area (Å²) in [6.45, 7) is 1.43. The van der Waals surface area contributed by atoms with Crippen LogP contribution < -0.4 is 5.30 Å². The zero-order valence-electron chi connectivity index (χ0n) is 7.25. The molecule has 7 heteroatoms. The van der Waals surface area contributed by atoms with Gasteiger partial charge in [-0.05, 0) is 19.1 Å².